The number of nitrogen functional groups attached to an aromatic ring is 1. The molecule has 0 spiro atoms. The SMILES string of the molecule is CC(C)COc1ccc(Sc2nc(N)nc3c2ncn3CC(C)OC(P(=O)(O)CC(F)(F)F)P(=O)(O)CC(F)(F)F)cc1. The van der Waals surface area contributed by atoms with E-state index in [9.17, 15) is 45.3 Å². The Kier molecular flexibility index (Phi) is 10.9. The van der Waals surface area contributed by atoms with E-state index in [4.69, 9.17) is 15.2 Å². The van der Waals surface area contributed by atoms with Crippen molar-refractivity contribution in [2.75, 3.05) is 24.7 Å². The number of imidazole rings is 1. The van der Waals surface area contributed by atoms with Crippen LogP contribution in [0.25, 0.3) is 11.2 Å². The first-order chi connectivity index (χ1) is 19.6. The van der Waals surface area contributed by atoms with Crippen LogP contribution in [0.3, 0.4) is 0 Å². The van der Waals surface area contributed by atoms with Crippen LogP contribution in [0.15, 0.2) is 40.5 Å². The lowest BCUT2D eigenvalue weighted by molar-refractivity contribution is -0.109. The summed E-state index contributed by atoms with van der Waals surface area (Å²) in [5.74, 6) is 0.809. The maximum Gasteiger partial charge on any atom is 0.398 e. The highest BCUT2D eigenvalue weighted by Gasteiger charge is 2.55. The summed E-state index contributed by atoms with van der Waals surface area (Å²) >= 11 is 1.18. The minimum atomic E-state index is -5.83. The number of hydrogen-bond donors (Lipinski definition) is 3. The molecule has 3 aromatic rings. The molecule has 240 valence electrons. The molecule has 3 unspecified atom stereocenters. The summed E-state index contributed by atoms with van der Waals surface area (Å²) < 4.78 is 115. The van der Waals surface area contributed by atoms with Gasteiger partial charge in [-0.05, 0) is 37.1 Å². The van der Waals surface area contributed by atoms with Crippen LogP contribution in [-0.2, 0) is 20.4 Å². The normalized spacial score (nSPS) is 17.0. The molecule has 3 rings (SSSR count). The van der Waals surface area contributed by atoms with Gasteiger partial charge < -0.3 is 29.6 Å². The van der Waals surface area contributed by atoms with Crippen molar-refractivity contribution in [3.05, 3.63) is 30.6 Å². The van der Waals surface area contributed by atoms with E-state index in [1.54, 1.807) is 24.3 Å². The fraction of sp³-hybridized carbons (Fsp3) is 0.522. The summed E-state index contributed by atoms with van der Waals surface area (Å²) in [7, 11) is -11.7. The van der Waals surface area contributed by atoms with Crippen LogP contribution >= 0.6 is 26.5 Å². The van der Waals surface area contributed by atoms with Gasteiger partial charge in [0.05, 0.1) is 25.6 Å². The number of alkyl halides is 6. The Morgan fingerprint density at radius 3 is 2.05 bits per heavy atom. The van der Waals surface area contributed by atoms with Gasteiger partial charge in [-0.25, -0.2) is 9.97 Å². The van der Waals surface area contributed by atoms with Crippen molar-refractivity contribution in [1.82, 2.24) is 19.5 Å². The van der Waals surface area contributed by atoms with Crippen molar-refractivity contribution in [3.63, 3.8) is 0 Å². The molecule has 43 heavy (non-hydrogen) atoms. The summed E-state index contributed by atoms with van der Waals surface area (Å²) in [6, 6.07) is 7.08. The third-order valence-corrected chi connectivity index (χ3v) is 11.8. The van der Waals surface area contributed by atoms with E-state index >= 15 is 0 Å². The standard InChI is InChI=1S/C23H29F6N5O6P2S/c1-13(2)9-39-15-4-6-16(7-5-15)43-19-17-18(32-20(30)33-19)34(12-31-17)8-14(3)40-21(41(35,36)10-22(24,25)26)42(37,38)11-23(27,28)29/h4-7,12-14,21H,8-11H2,1-3H3,(H,35,36)(H,37,38)(H2,30,32,33). The van der Waals surface area contributed by atoms with E-state index in [2.05, 4.69) is 15.0 Å². The number of hydrogen-bond acceptors (Lipinski definition) is 9. The first-order valence-electron chi connectivity index (χ1n) is 12.5. The highest BCUT2D eigenvalue weighted by molar-refractivity contribution is 7.99. The van der Waals surface area contributed by atoms with Crippen LogP contribution < -0.4 is 10.5 Å². The molecule has 0 saturated heterocycles. The fourth-order valence-corrected chi connectivity index (χ4v) is 9.54. The maximum absolute atomic E-state index is 12.9. The third-order valence-electron chi connectivity index (χ3n) is 5.38. The molecular weight excluding hydrogens is 650 g/mol. The van der Waals surface area contributed by atoms with Crippen molar-refractivity contribution in [2.45, 2.75) is 61.3 Å². The van der Waals surface area contributed by atoms with Crippen LogP contribution in [0.2, 0.25) is 0 Å². The third kappa shape index (κ3) is 10.4. The van der Waals surface area contributed by atoms with Crippen molar-refractivity contribution >= 4 is 43.6 Å². The van der Waals surface area contributed by atoms with Gasteiger partial charge in [-0.15, -0.1) is 0 Å². The van der Waals surface area contributed by atoms with Crippen molar-refractivity contribution < 1.29 is 54.7 Å². The molecule has 0 radical (unpaired) electrons. The van der Waals surface area contributed by atoms with Gasteiger partial charge in [0.2, 0.25) is 26.3 Å². The van der Waals surface area contributed by atoms with E-state index in [1.807, 2.05) is 13.8 Å². The predicted octanol–water partition coefficient (Wildman–Crippen LogP) is 5.95. The lowest BCUT2D eigenvalue weighted by Gasteiger charge is -2.30. The smallest absolute Gasteiger partial charge is 0.398 e. The van der Waals surface area contributed by atoms with Gasteiger partial charge in [0, 0.05) is 4.90 Å². The Labute approximate surface area is 246 Å². The molecule has 0 fully saturated rings. The van der Waals surface area contributed by atoms with E-state index in [-0.39, 0.29) is 17.1 Å². The molecule has 11 nitrogen and oxygen atoms in total. The van der Waals surface area contributed by atoms with Gasteiger partial charge in [-0.3, -0.25) is 9.13 Å². The monoisotopic (exact) mass is 679 g/mol. The fourth-order valence-electron chi connectivity index (χ4n) is 3.79. The Hall–Kier alpha value is -2.36. The molecule has 0 saturated carbocycles. The zero-order chi connectivity index (χ0) is 32.4. The summed E-state index contributed by atoms with van der Waals surface area (Å²) in [4.78, 5) is 33.3. The Morgan fingerprint density at radius 2 is 1.53 bits per heavy atom. The van der Waals surface area contributed by atoms with E-state index in [0.29, 0.717) is 23.3 Å². The largest absolute Gasteiger partial charge is 0.493 e. The number of halogens is 6. The minimum absolute atomic E-state index is 0.101. The molecule has 0 amide bonds. The highest BCUT2D eigenvalue weighted by atomic mass is 32.2. The zero-order valence-corrected chi connectivity index (χ0v) is 25.5. The number of rotatable bonds is 13. The number of anilines is 1. The molecule has 0 aliphatic heterocycles. The number of benzene rings is 1. The van der Waals surface area contributed by atoms with Crippen LogP contribution in [0.4, 0.5) is 32.3 Å². The average Bonchev–Trinajstić information content (AvgIpc) is 3.21. The second-order valence-electron chi connectivity index (χ2n) is 10.1. The number of nitrogens with zero attached hydrogens (tertiary/aromatic N) is 4. The quantitative estimate of drug-likeness (QED) is 0.111. The van der Waals surface area contributed by atoms with E-state index in [0.717, 1.165) is 11.8 Å². The molecule has 4 N–H and O–H groups in total. The first kappa shape index (κ1) is 35.1. The highest BCUT2D eigenvalue weighted by Crippen LogP contribution is 2.67. The van der Waals surface area contributed by atoms with E-state index < -0.39 is 57.6 Å². The number of aromatic nitrogens is 4. The van der Waals surface area contributed by atoms with Gasteiger partial charge >= 0.3 is 12.4 Å². The summed E-state index contributed by atoms with van der Waals surface area (Å²) in [6.07, 6.45) is -16.0. The van der Waals surface area contributed by atoms with Crippen LogP contribution in [0.5, 0.6) is 5.75 Å². The summed E-state index contributed by atoms with van der Waals surface area (Å²) in [6.45, 7) is 5.28. The molecule has 0 bridgehead atoms. The van der Waals surface area contributed by atoms with Gasteiger partial charge in [0.15, 0.2) is 5.65 Å². The topological polar surface area (TPSA) is 163 Å². The van der Waals surface area contributed by atoms with Gasteiger partial charge in [0.25, 0.3) is 0 Å². The molecule has 2 aromatic heterocycles. The van der Waals surface area contributed by atoms with Gasteiger partial charge in [-0.2, -0.15) is 31.3 Å². The molecule has 20 heteroatoms. The minimum Gasteiger partial charge on any atom is -0.493 e. The van der Waals surface area contributed by atoms with Crippen molar-refractivity contribution in [1.29, 1.82) is 0 Å². The second kappa shape index (κ2) is 13.3. The molecule has 3 atom stereocenters. The lowest BCUT2D eigenvalue weighted by atomic mass is 10.2. The Bertz CT molecular complexity index is 1470. The predicted molar refractivity (Wildman–Crippen MR) is 146 cm³/mol. The van der Waals surface area contributed by atoms with Crippen molar-refractivity contribution in [2.24, 2.45) is 5.92 Å². The van der Waals surface area contributed by atoms with Crippen LogP contribution in [0, 0.1) is 5.92 Å². The molecule has 1 aromatic carbocycles. The molecule has 2 heterocycles. The number of nitrogens with two attached hydrogens (primary N) is 1. The summed E-state index contributed by atoms with van der Waals surface area (Å²) in [5.41, 5.74) is 3.03. The molecular formula is C23H29F6N5O6P2S. The lowest BCUT2D eigenvalue weighted by Crippen LogP contribution is -2.30. The summed E-state index contributed by atoms with van der Waals surface area (Å²) in [5, 5.41) is 0.318. The molecule has 0 aliphatic carbocycles. The number of ether oxygens (including phenoxy) is 2. The van der Waals surface area contributed by atoms with Gasteiger partial charge in [-0.1, -0.05) is 25.6 Å². The Balaban J connectivity index is 1.86. The molecule has 0 aliphatic rings. The van der Waals surface area contributed by atoms with Crippen LogP contribution in [-0.4, -0.2) is 72.3 Å². The maximum atomic E-state index is 12.9. The Morgan fingerprint density at radius 1 is 0.977 bits per heavy atom. The van der Waals surface area contributed by atoms with Gasteiger partial charge in [0.1, 0.15) is 28.6 Å². The average molecular weight is 680 g/mol. The van der Waals surface area contributed by atoms with Crippen molar-refractivity contribution in [3.8, 4) is 5.75 Å². The first-order valence-corrected chi connectivity index (χ1v) is 17.1. The number of fused-ring (bicyclic) bond motifs is 1. The van der Waals surface area contributed by atoms with E-state index in [1.165, 1.54) is 22.7 Å². The zero-order valence-electron chi connectivity index (χ0n) is 22.9. The van der Waals surface area contributed by atoms with Crippen LogP contribution in [0.1, 0.15) is 20.8 Å². The second-order valence-corrected chi connectivity index (χ2v) is 16.1.